The fourth-order valence-electron chi connectivity index (χ4n) is 0.728. The molecule has 0 aliphatic carbocycles. The summed E-state index contributed by atoms with van der Waals surface area (Å²) >= 11 is 0. The fourth-order valence-corrected chi connectivity index (χ4v) is 2.08. The number of hydrogen-bond acceptors (Lipinski definition) is 3. The molecule has 0 amide bonds. The number of hydrogen-bond donors (Lipinski definition) is 0. The molecule has 16 heavy (non-hydrogen) atoms. The largest absolute Gasteiger partial charge is 0.446 e. The van der Waals surface area contributed by atoms with Crippen molar-refractivity contribution in [2.24, 2.45) is 0 Å². The van der Waals surface area contributed by atoms with Crippen LogP contribution >= 0.6 is 7.60 Å². The van der Waals surface area contributed by atoms with Gasteiger partial charge in [0.25, 0.3) is 5.57 Å². The normalized spacial score (nSPS) is 14.9. The van der Waals surface area contributed by atoms with Crippen molar-refractivity contribution < 1.29 is 35.6 Å². The van der Waals surface area contributed by atoms with Gasteiger partial charge in [-0.05, 0) is 13.8 Å². The van der Waals surface area contributed by atoms with Gasteiger partial charge in [0.2, 0.25) is 5.83 Å². The SMILES string of the molecule is CCOP(=O)(OCC)C(F)=C(F)C(F)(F)F. The summed E-state index contributed by atoms with van der Waals surface area (Å²) in [6.07, 6.45) is -5.56. The second-order valence-corrected chi connectivity index (χ2v) is 4.34. The van der Waals surface area contributed by atoms with Crippen LogP contribution in [0.5, 0.6) is 0 Å². The van der Waals surface area contributed by atoms with Gasteiger partial charge in [0.1, 0.15) is 0 Å². The van der Waals surface area contributed by atoms with E-state index in [0.717, 1.165) is 0 Å². The average Bonchev–Trinajstić information content (AvgIpc) is 2.14. The minimum atomic E-state index is -5.56. The van der Waals surface area contributed by atoms with Gasteiger partial charge in [0.15, 0.2) is 0 Å². The third-order valence-corrected chi connectivity index (χ3v) is 3.14. The fraction of sp³-hybridized carbons (Fsp3) is 0.714. The van der Waals surface area contributed by atoms with E-state index in [0.29, 0.717) is 0 Å². The van der Waals surface area contributed by atoms with Crippen LogP contribution in [0.25, 0.3) is 0 Å². The van der Waals surface area contributed by atoms with Crippen LogP contribution in [-0.2, 0) is 13.6 Å². The van der Waals surface area contributed by atoms with Crippen LogP contribution in [0.1, 0.15) is 13.8 Å². The molecule has 0 heterocycles. The van der Waals surface area contributed by atoms with Gasteiger partial charge in [0, 0.05) is 0 Å². The number of allylic oxidation sites excluding steroid dienone is 1. The molecule has 0 aromatic heterocycles. The van der Waals surface area contributed by atoms with Crippen molar-refractivity contribution >= 4 is 7.60 Å². The predicted octanol–water partition coefficient (Wildman–Crippen LogP) is 3.92. The lowest BCUT2D eigenvalue weighted by Gasteiger charge is -2.16. The molecular weight excluding hydrogens is 258 g/mol. The average molecular weight is 268 g/mol. The molecule has 0 saturated carbocycles. The van der Waals surface area contributed by atoms with Gasteiger partial charge < -0.3 is 9.05 Å². The molecule has 0 aromatic carbocycles. The monoisotopic (exact) mass is 268 g/mol. The highest BCUT2D eigenvalue weighted by molar-refractivity contribution is 7.58. The highest BCUT2D eigenvalue weighted by Crippen LogP contribution is 2.59. The molecule has 0 atom stereocenters. The van der Waals surface area contributed by atoms with Gasteiger partial charge in [-0.3, -0.25) is 4.57 Å². The summed E-state index contributed by atoms with van der Waals surface area (Å²) in [5, 5.41) is 0. The first-order valence-corrected chi connectivity index (χ1v) is 5.75. The lowest BCUT2D eigenvalue weighted by atomic mass is 10.6. The first-order chi connectivity index (χ1) is 7.19. The molecule has 0 fully saturated rings. The summed E-state index contributed by atoms with van der Waals surface area (Å²) in [7, 11) is -4.85. The van der Waals surface area contributed by atoms with Gasteiger partial charge in [-0.2, -0.15) is 22.0 Å². The first kappa shape index (κ1) is 15.5. The van der Waals surface area contributed by atoms with Crippen molar-refractivity contribution in [3.63, 3.8) is 0 Å². The Bertz CT molecular complexity index is 302. The maximum atomic E-state index is 13.0. The second kappa shape index (κ2) is 5.75. The summed E-state index contributed by atoms with van der Waals surface area (Å²) in [5.41, 5.74) is -2.55. The molecular formula is C7H10F5O3P. The lowest BCUT2D eigenvalue weighted by Crippen LogP contribution is -2.11. The van der Waals surface area contributed by atoms with Gasteiger partial charge in [-0.1, -0.05) is 0 Å². The van der Waals surface area contributed by atoms with E-state index in [1.165, 1.54) is 13.8 Å². The van der Waals surface area contributed by atoms with E-state index in [1.54, 1.807) is 0 Å². The maximum Gasteiger partial charge on any atom is 0.446 e. The van der Waals surface area contributed by atoms with Crippen LogP contribution in [0.2, 0.25) is 0 Å². The van der Waals surface area contributed by atoms with Crippen molar-refractivity contribution in [2.45, 2.75) is 20.0 Å². The second-order valence-electron chi connectivity index (χ2n) is 2.44. The predicted molar refractivity (Wildman–Crippen MR) is 46.2 cm³/mol. The molecule has 0 rings (SSSR count). The van der Waals surface area contributed by atoms with Crippen molar-refractivity contribution in [1.82, 2.24) is 0 Å². The quantitative estimate of drug-likeness (QED) is 0.560. The Hall–Kier alpha value is -0.460. The van der Waals surface area contributed by atoms with Crippen molar-refractivity contribution in [1.29, 1.82) is 0 Å². The van der Waals surface area contributed by atoms with E-state index in [2.05, 4.69) is 9.05 Å². The molecule has 0 spiro atoms. The third-order valence-electron chi connectivity index (χ3n) is 1.27. The smallest absolute Gasteiger partial charge is 0.304 e. The van der Waals surface area contributed by atoms with Crippen molar-refractivity contribution in [3.05, 3.63) is 11.4 Å². The van der Waals surface area contributed by atoms with E-state index in [9.17, 15) is 26.5 Å². The van der Waals surface area contributed by atoms with E-state index in [4.69, 9.17) is 0 Å². The topological polar surface area (TPSA) is 35.5 Å². The Kier molecular flexibility index (Phi) is 5.58. The molecule has 0 radical (unpaired) electrons. The third kappa shape index (κ3) is 3.84. The molecule has 0 aliphatic heterocycles. The number of rotatable bonds is 5. The highest BCUT2D eigenvalue weighted by Gasteiger charge is 2.45. The van der Waals surface area contributed by atoms with Crippen LogP contribution in [0.15, 0.2) is 11.4 Å². The Morgan fingerprint density at radius 2 is 1.50 bits per heavy atom. The van der Waals surface area contributed by atoms with E-state index >= 15 is 0 Å². The molecule has 9 heteroatoms. The summed E-state index contributed by atoms with van der Waals surface area (Å²) in [6.45, 7) is 1.75. The minimum Gasteiger partial charge on any atom is -0.304 e. The Labute approximate surface area is 88.8 Å². The standard InChI is InChI=1S/C7H10F5O3P/c1-3-14-16(13,15-4-2)6(9)5(8)7(10,11)12/h3-4H2,1-2H3. The van der Waals surface area contributed by atoms with Crippen molar-refractivity contribution in [2.75, 3.05) is 13.2 Å². The zero-order chi connectivity index (χ0) is 13.0. The number of alkyl halides is 3. The zero-order valence-electron chi connectivity index (χ0n) is 8.48. The molecule has 96 valence electrons. The van der Waals surface area contributed by atoms with Gasteiger partial charge in [-0.15, -0.1) is 0 Å². The molecule has 0 saturated heterocycles. The van der Waals surface area contributed by atoms with Gasteiger partial charge in [0.05, 0.1) is 13.2 Å². The molecule has 3 nitrogen and oxygen atoms in total. The molecule has 0 unspecified atom stereocenters. The van der Waals surface area contributed by atoms with Crippen LogP contribution in [0, 0.1) is 0 Å². The summed E-state index contributed by atoms with van der Waals surface area (Å²) < 4.78 is 80.7. The van der Waals surface area contributed by atoms with Crippen LogP contribution in [-0.4, -0.2) is 19.4 Å². The summed E-state index contributed by atoms with van der Waals surface area (Å²) in [6, 6.07) is 0. The minimum absolute atomic E-state index is 0.379. The van der Waals surface area contributed by atoms with Crippen LogP contribution < -0.4 is 0 Å². The molecule has 0 N–H and O–H groups in total. The van der Waals surface area contributed by atoms with E-state index in [1.807, 2.05) is 0 Å². The molecule has 0 bridgehead atoms. The Morgan fingerprint density at radius 3 is 1.75 bits per heavy atom. The van der Waals surface area contributed by atoms with Crippen LogP contribution in [0.4, 0.5) is 22.0 Å². The van der Waals surface area contributed by atoms with Gasteiger partial charge >= 0.3 is 13.8 Å². The highest BCUT2D eigenvalue weighted by atomic mass is 31.2. The first-order valence-electron chi connectivity index (χ1n) is 4.21. The summed E-state index contributed by atoms with van der Waals surface area (Å²) in [5.74, 6) is -3.10. The lowest BCUT2D eigenvalue weighted by molar-refractivity contribution is -0.110. The summed E-state index contributed by atoms with van der Waals surface area (Å²) in [4.78, 5) is 0. The molecule has 0 aliphatic rings. The number of halogens is 5. The Morgan fingerprint density at radius 1 is 1.12 bits per heavy atom. The Balaban J connectivity index is 5.31. The zero-order valence-corrected chi connectivity index (χ0v) is 9.37. The van der Waals surface area contributed by atoms with E-state index < -0.39 is 25.2 Å². The maximum absolute atomic E-state index is 13.0. The van der Waals surface area contributed by atoms with Gasteiger partial charge in [-0.25, -0.2) is 0 Å². The van der Waals surface area contributed by atoms with Crippen LogP contribution in [0.3, 0.4) is 0 Å². The van der Waals surface area contributed by atoms with E-state index in [-0.39, 0.29) is 13.2 Å². The molecule has 0 aromatic rings. The van der Waals surface area contributed by atoms with Crippen molar-refractivity contribution in [3.8, 4) is 0 Å².